The number of nitrogens with zero attached hydrogens (tertiary/aromatic N) is 3. The zero-order valence-electron chi connectivity index (χ0n) is 16.9. The number of benzene rings is 2. The van der Waals surface area contributed by atoms with E-state index in [0.29, 0.717) is 5.11 Å². The summed E-state index contributed by atoms with van der Waals surface area (Å²) in [5.74, 6) is 0. The maximum Gasteiger partial charge on any atom is 0.174 e. The molecule has 1 N–H and O–H groups in total. The van der Waals surface area contributed by atoms with Crippen molar-refractivity contribution in [3.8, 4) is 5.69 Å². The van der Waals surface area contributed by atoms with Gasteiger partial charge in [-0.25, -0.2) is 0 Å². The van der Waals surface area contributed by atoms with Crippen LogP contribution in [-0.2, 0) is 0 Å². The van der Waals surface area contributed by atoms with Crippen LogP contribution in [-0.4, -0.2) is 14.7 Å². The topological polar surface area (TPSA) is 33.1 Å². The van der Waals surface area contributed by atoms with Gasteiger partial charge in [-0.15, -0.1) is 0 Å². The summed E-state index contributed by atoms with van der Waals surface area (Å²) in [5.41, 5.74) is 5.54. The Kier molecular flexibility index (Phi) is 5.34. The van der Waals surface area contributed by atoms with Gasteiger partial charge in [0, 0.05) is 33.9 Å². The smallest absolute Gasteiger partial charge is 0.174 e. The first-order chi connectivity index (χ1) is 15.1. The summed E-state index contributed by atoms with van der Waals surface area (Å²) in [7, 11) is 0. The molecule has 2 aromatic carbocycles. The highest BCUT2D eigenvalue weighted by molar-refractivity contribution is 9.10. The number of rotatable bonds is 4. The molecule has 0 radical (unpaired) electrons. The van der Waals surface area contributed by atoms with Crippen LogP contribution in [0.2, 0.25) is 0 Å². The number of thiocarbonyl (C=S) groups is 1. The van der Waals surface area contributed by atoms with Gasteiger partial charge < -0.3 is 14.8 Å². The molecule has 4 aromatic rings. The SMILES string of the molecule is Cc1ccccc1-n1cccc1[C@@H]1[C@@H](c2ccccn2)NC(=S)N1c1ccc(Br)cc1. The molecule has 154 valence electrons. The Balaban J connectivity index is 1.68. The summed E-state index contributed by atoms with van der Waals surface area (Å²) in [6.45, 7) is 2.14. The Morgan fingerprint density at radius 3 is 2.45 bits per heavy atom. The summed E-state index contributed by atoms with van der Waals surface area (Å²) >= 11 is 9.38. The van der Waals surface area contributed by atoms with E-state index in [0.717, 1.165) is 27.2 Å². The van der Waals surface area contributed by atoms with Crippen LogP contribution in [0.15, 0.2) is 95.7 Å². The first-order valence-electron chi connectivity index (χ1n) is 10.1. The van der Waals surface area contributed by atoms with E-state index >= 15 is 0 Å². The minimum absolute atomic E-state index is 0.0572. The van der Waals surface area contributed by atoms with Gasteiger partial charge in [-0.05, 0) is 79.3 Å². The van der Waals surface area contributed by atoms with Gasteiger partial charge in [0.25, 0.3) is 0 Å². The number of hydrogen-bond donors (Lipinski definition) is 1. The standard InChI is InChI=1S/C25H21BrN4S/c1-17-7-2-3-9-21(17)29-16-6-10-22(29)24-23(20-8-4-5-15-27-20)28-25(31)30(24)19-13-11-18(26)12-14-19/h2-16,23-24H,1H3,(H,28,31)/t23-,24-/m1/s1. The monoisotopic (exact) mass is 488 g/mol. The Bertz CT molecular complexity index is 1220. The minimum atomic E-state index is -0.0741. The molecule has 0 bridgehead atoms. The van der Waals surface area contributed by atoms with E-state index in [4.69, 9.17) is 12.2 Å². The molecule has 0 spiro atoms. The van der Waals surface area contributed by atoms with Crippen molar-refractivity contribution in [2.45, 2.75) is 19.0 Å². The first-order valence-corrected chi connectivity index (χ1v) is 11.3. The summed E-state index contributed by atoms with van der Waals surface area (Å²) in [6.07, 6.45) is 3.95. The van der Waals surface area contributed by atoms with Gasteiger partial charge in [0.15, 0.2) is 5.11 Å². The number of para-hydroxylation sites is 1. The fourth-order valence-corrected chi connectivity index (χ4v) is 4.83. The summed E-state index contributed by atoms with van der Waals surface area (Å²) < 4.78 is 3.30. The molecule has 2 aromatic heterocycles. The molecule has 1 aliphatic heterocycles. The van der Waals surface area contributed by atoms with E-state index in [9.17, 15) is 0 Å². The highest BCUT2D eigenvalue weighted by Gasteiger charge is 2.42. The summed E-state index contributed by atoms with van der Waals surface area (Å²) in [5, 5.41) is 4.23. The van der Waals surface area contributed by atoms with E-state index in [2.05, 4.69) is 103 Å². The van der Waals surface area contributed by atoms with Crippen molar-refractivity contribution in [3.63, 3.8) is 0 Å². The van der Waals surface area contributed by atoms with E-state index in [-0.39, 0.29) is 12.1 Å². The second-order valence-electron chi connectivity index (χ2n) is 7.56. The van der Waals surface area contributed by atoms with Gasteiger partial charge in [-0.2, -0.15) is 0 Å². The van der Waals surface area contributed by atoms with Gasteiger partial charge in [0.05, 0.1) is 11.7 Å². The van der Waals surface area contributed by atoms with Crippen molar-refractivity contribution >= 4 is 38.9 Å². The zero-order chi connectivity index (χ0) is 21.4. The Hall–Kier alpha value is -2.96. The average Bonchev–Trinajstić information content (AvgIpc) is 3.39. The van der Waals surface area contributed by atoms with Crippen molar-refractivity contribution < 1.29 is 0 Å². The van der Waals surface area contributed by atoms with Crippen molar-refractivity contribution in [1.29, 1.82) is 0 Å². The second kappa shape index (κ2) is 8.29. The lowest BCUT2D eigenvalue weighted by molar-refractivity contribution is 0.549. The molecule has 0 saturated carbocycles. The Morgan fingerprint density at radius 1 is 0.935 bits per heavy atom. The molecule has 1 fully saturated rings. The quantitative estimate of drug-likeness (QED) is 0.350. The van der Waals surface area contributed by atoms with E-state index < -0.39 is 0 Å². The third-order valence-corrected chi connectivity index (χ3v) is 6.50. The lowest BCUT2D eigenvalue weighted by Gasteiger charge is -2.29. The highest BCUT2D eigenvalue weighted by Crippen LogP contribution is 2.42. The van der Waals surface area contributed by atoms with Gasteiger partial charge in [0.1, 0.15) is 6.04 Å². The molecule has 1 saturated heterocycles. The second-order valence-corrected chi connectivity index (χ2v) is 8.86. The van der Waals surface area contributed by atoms with Crippen LogP contribution < -0.4 is 10.2 Å². The van der Waals surface area contributed by atoms with Gasteiger partial charge in [0.2, 0.25) is 0 Å². The van der Waals surface area contributed by atoms with Gasteiger partial charge >= 0.3 is 0 Å². The molecule has 31 heavy (non-hydrogen) atoms. The van der Waals surface area contributed by atoms with Crippen LogP contribution in [0, 0.1) is 6.92 Å². The maximum atomic E-state index is 5.84. The molecule has 0 amide bonds. The average molecular weight is 489 g/mol. The number of pyridine rings is 1. The predicted octanol–water partition coefficient (Wildman–Crippen LogP) is 6.12. The summed E-state index contributed by atoms with van der Waals surface area (Å²) in [6, 6.07) is 26.9. The highest BCUT2D eigenvalue weighted by atomic mass is 79.9. The van der Waals surface area contributed by atoms with E-state index in [1.165, 1.54) is 5.56 Å². The lowest BCUT2D eigenvalue weighted by atomic mass is 10.0. The molecular formula is C25H21BrN4S. The number of aryl methyl sites for hydroxylation is 1. The Labute approximate surface area is 195 Å². The normalized spacial score (nSPS) is 18.3. The van der Waals surface area contributed by atoms with Crippen LogP contribution >= 0.6 is 28.1 Å². The fourth-order valence-electron chi connectivity index (χ4n) is 4.22. The number of hydrogen-bond acceptors (Lipinski definition) is 2. The van der Waals surface area contributed by atoms with Crippen LogP contribution in [0.25, 0.3) is 5.69 Å². The molecule has 0 aliphatic carbocycles. The van der Waals surface area contributed by atoms with Crippen molar-refractivity contribution in [2.24, 2.45) is 0 Å². The third-order valence-electron chi connectivity index (χ3n) is 5.66. The molecule has 0 unspecified atom stereocenters. The minimum Gasteiger partial charge on any atom is -0.351 e. The van der Waals surface area contributed by atoms with Crippen LogP contribution in [0.5, 0.6) is 0 Å². The van der Waals surface area contributed by atoms with Gasteiger partial charge in [-0.3, -0.25) is 4.98 Å². The first kappa shape index (κ1) is 20.0. The van der Waals surface area contributed by atoms with Crippen molar-refractivity contribution in [2.75, 3.05) is 4.90 Å². The fraction of sp³-hybridized carbons (Fsp3) is 0.120. The molecule has 2 atom stereocenters. The van der Waals surface area contributed by atoms with Crippen LogP contribution in [0.1, 0.15) is 29.0 Å². The number of halogens is 1. The number of anilines is 1. The van der Waals surface area contributed by atoms with E-state index in [1.807, 2.05) is 30.5 Å². The molecule has 6 heteroatoms. The summed E-state index contributed by atoms with van der Waals surface area (Å²) in [4.78, 5) is 6.85. The number of aromatic nitrogens is 2. The largest absolute Gasteiger partial charge is 0.351 e. The molecule has 5 rings (SSSR count). The maximum absolute atomic E-state index is 5.84. The van der Waals surface area contributed by atoms with Crippen molar-refractivity contribution in [3.05, 3.63) is 113 Å². The molecule has 3 heterocycles. The van der Waals surface area contributed by atoms with Crippen LogP contribution in [0.4, 0.5) is 5.69 Å². The third kappa shape index (κ3) is 3.66. The zero-order valence-corrected chi connectivity index (χ0v) is 19.3. The molecule has 4 nitrogen and oxygen atoms in total. The van der Waals surface area contributed by atoms with Gasteiger partial charge in [-0.1, -0.05) is 40.2 Å². The Morgan fingerprint density at radius 2 is 1.71 bits per heavy atom. The van der Waals surface area contributed by atoms with Crippen molar-refractivity contribution in [1.82, 2.24) is 14.9 Å². The number of nitrogens with one attached hydrogen (secondary N) is 1. The lowest BCUT2D eigenvalue weighted by Crippen LogP contribution is -2.30. The predicted molar refractivity (Wildman–Crippen MR) is 133 cm³/mol. The van der Waals surface area contributed by atoms with E-state index in [1.54, 1.807) is 0 Å². The molecular weight excluding hydrogens is 468 g/mol. The molecule has 1 aliphatic rings. The van der Waals surface area contributed by atoms with Crippen LogP contribution in [0.3, 0.4) is 0 Å².